The number of rotatable bonds is 6. The van der Waals surface area contributed by atoms with Gasteiger partial charge in [0, 0.05) is 41.9 Å². The molecule has 4 aromatic heterocycles. The fourth-order valence-corrected chi connectivity index (χ4v) is 3.91. The van der Waals surface area contributed by atoms with E-state index < -0.39 is 5.20 Å². The van der Waals surface area contributed by atoms with E-state index in [1.54, 1.807) is 23.0 Å². The van der Waals surface area contributed by atoms with E-state index in [4.69, 9.17) is 11.6 Å². The van der Waals surface area contributed by atoms with Crippen LogP contribution in [0.1, 0.15) is 84.0 Å². The van der Waals surface area contributed by atoms with Crippen LogP contribution in [-0.4, -0.2) is 29.2 Å². The van der Waals surface area contributed by atoms with Crippen LogP contribution < -0.4 is 5.56 Å². The molecule has 0 fully saturated rings. The fraction of sp³-hybridized carbons (Fsp3) is 0.478. The molecular weight excluding hydrogens is 565 g/mol. The lowest BCUT2D eigenvalue weighted by Crippen LogP contribution is -2.16. The van der Waals surface area contributed by atoms with Crippen LogP contribution in [0.3, 0.4) is 0 Å². The molecular formula is C23H33Cl4N6O2P. The average Bonchev–Trinajstić information content (AvgIpc) is 3.45. The Hall–Kier alpha value is -1.57. The number of aromatic amines is 1. The summed E-state index contributed by atoms with van der Waals surface area (Å²) < 4.78 is 12.6. The molecule has 0 radical (unpaired) electrons. The molecule has 0 spiro atoms. The maximum absolute atomic E-state index is 11.7. The third-order valence-corrected chi connectivity index (χ3v) is 5.81. The Morgan fingerprint density at radius 2 is 1.42 bits per heavy atom. The highest BCUT2D eigenvalue weighted by atomic mass is 36.0. The smallest absolute Gasteiger partial charge is 0.297 e. The first kappa shape index (κ1) is 32.5. The second-order valence-corrected chi connectivity index (χ2v) is 14.7. The summed E-state index contributed by atoms with van der Waals surface area (Å²) >= 11 is 20.0. The van der Waals surface area contributed by atoms with Gasteiger partial charge in [-0.05, 0) is 65.5 Å². The topological polar surface area (TPSA) is 97.4 Å². The Kier molecular flexibility index (Phi) is 13.5. The number of fused-ring (bicyclic) bond motifs is 2. The second kappa shape index (κ2) is 15.0. The van der Waals surface area contributed by atoms with Crippen LogP contribution in [0.2, 0.25) is 5.15 Å². The first-order chi connectivity index (χ1) is 16.5. The Bertz CT molecular complexity index is 1320. The van der Waals surface area contributed by atoms with Gasteiger partial charge in [-0.1, -0.05) is 46.7 Å². The van der Waals surface area contributed by atoms with Gasteiger partial charge in [-0.3, -0.25) is 14.5 Å². The van der Waals surface area contributed by atoms with Crippen molar-refractivity contribution >= 4 is 61.8 Å². The molecule has 36 heavy (non-hydrogen) atoms. The summed E-state index contributed by atoms with van der Waals surface area (Å²) in [5, 5.41) is 4.33. The van der Waals surface area contributed by atoms with E-state index in [0.29, 0.717) is 22.6 Å². The molecule has 13 heteroatoms. The highest BCUT2D eigenvalue weighted by molar-refractivity contribution is 8.24. The van der Waals surface area contributed by atoms with Gasteiger partial charge < -0.3 is 0 Å². The number of aromatic nitrogens is 6. The predicted octanol–water partition coefficient (Wildman–Crippen LogP) is 8.66. The van der Waals surface area contributed by atoms with Crippen molar-refractivity contribution in [1.82, 2.24) is 29.2 Å². The molecule has 200 valence electrons. The number of hydrogen-bond donors (Lipinski definition) is 1. The number of hydrogen-bond acceptors (Lipinski definition) is 5. The van der Waals surface area contributed by atoms with Gasteiger partial charge in [-0.15, -0.1) is 0 Å². The lowest BCUT2D eigenvalue weighted by Gasteiger charge is -2.12. The summed E-state index contributed by atoms with van der Waals surface area (Å²) in [6, 6.07) is 7.23. The van der Waals surface area contributed by atoms with Crippen molar-refractivity contribution in [2.45, 2.75) is 72.6 Å². The van der Waals surface area contributed by atoms with E-state index in [9.17, 15) is 9.36 Å². The first-order valence-electron chi connectivity index (χ1n) is 11.3. The Balaban J connectivity index is 0.000000298. The lowest BCUT2D eigenvalue weighted by molar-refractivity contribution is 0.600. The van der Waals surface area contributed by atoms with E-state index >= 15 is 0 Å². The predicted molar refractivity (Wildman–Crippen MR) is 152 cm³/mol. The summed E-state index contributed by atoms with van der Waals surface area (Å²) in [5.41, 5.74) is 3.46. The highest BCUT2D eigenvalue weighted by Crippen LogP contribution is 2.61. The minimum atomic E-state index is -3.22. The van der Waals surface area contributed by atoms with E-state index in [0.717, 1.165) is 42.7 Å². The van der Waals surface area contributed by atoms with E-state index in [2.05, 4.69) is 81.6 Å². The quantitative estimate of drug-likeness (QED) is 0.177. The van der Waals surface area contributed by atoms with Crippen LogP contribution in [0.15, 0.2) is 41.5 Å². The van der Waals surface area contributed by atoms with Gasteiger partial charge in [-0.2, -0.15) is 5.10 Å². The second-order valence-electron chi connectivity index (χ2n) is 7.71. The van der Waals surface area contributed by atoms with Crippen LogP contribution in [-0.2, 0) is 4.57 Å². The molecule has 4 aromatic rings. The normalized spacial score (nSPS) is 11.2. The Morgan fingerprint density at radius 3 is 1.94 bits per heavy atom. The van der Waals surface area contributed by atoms with Gasteiger partial charge in [0.05, 0.1) is 11.9 Å². The van der Waals surface area contributed by atoms with Gasteiger partial charge in [-0.25, -0.2) is 19.0 Å². The summed E-state index contributed by atoms with van der Waals surface area (Å²) in [6.07, 6.45) is 7.65. The molecule has 0 aromatic carbocycles. The zero-order valence-electron chi connectivity index (χ0n) is 20.0. The SMILES string of the molecule is C.CCC(CC)c1cc(=O)n2[nH]ccc2n1.CCC(CC)c1cc(Cl)n2nccc2n1.O=P(Cl)(Cl)Cl. The minimum Gasteiger partial charge on any atom is -0.297 e. The molecule has 0 aliphatic heterocycles. The molecule has 0 amide bonds. The molecule has 0 aliphatic carbocycles. The molecule has 1 N–H and O–H groups in total. The standard InChI is InChI=1S/C11H14ClN3.C11H15N3O.CH4.Cl3OP/c1-3-8(4-2)9-7-10(12)15-11(14-9)5-6-13-15;1-3-8(4-2)9-7-11(15)14-10(13-9)5-6-12-14;;1-5(2,3)4/h5-8H,3-4H2,1-2H3;5-8,12H,3-4H2,1-2H3;1H4;. The fourth-order valence-electron chi connectivity index (χ4n) is 3.67. The van der Waals surface area contributed by atoms with Crippen molar-refractivity contribution in [2.24, 2.45) is 0 Å². The van der Waals surface area contributed by atoms with Gasteiger partial charge in [0.25, 0.3) is 5.56 Å². The molecule has 0 unspecified atom stereocenters. The highest BCUT2D eigenvalue weighted by Gasteiger charge is 2.12. The third kappa shape index (κ3) is 9.38. The zero-order chi connectivity index (χ0) is 26.2. The van der Waals surface area contributed by atoms with Crippen molar-refractivity contribution in [3.05, 3.63) is 63.6 Å². The largest absolute Gasteiger partial charge is 0.339 e. The molecule has 0 atom stereocenters. The summed E-state index contributed by atoms with van der Waals surface area (Å²) in [4.78, 5) is 20.7. The van der Waals surface area contributed by atoms with E-state index in [1.807, 2.05) is 18.2 Å². The van der Waals surface area contributed by atoms with Crippen molar-refractivity contribution in [3.8, 4) is 0 Å². The molecule has 0 bridgehead atoms. The summed E-state index contributed by atoms with van der Waals surface area (Å²) in [6.45, 7) is 8.58. The Labute approximate surface area is 231 Å². The number of nitrogens with zero attached hydrogens (tertiary/aromatic N) is 5. The number of nitrogens with one attached hydrogen (secondary N) is 1. The zero-order valence-corrected chi connectivity index (χ0v) is 23.9. The van der Waals surface area contributed by atoms with Crippen LogP contribution in [0.5, 0.6) is 0 Å². The number of H-pyrrole nitrogens is 1. The van der Waals surface area contributed by atoms with Gasteiger partial charge in [0.15, 0.2) is 11.3 Å². The van der Waals surface area contributed by atoms with E-state index in [-0.39, 0.29) is 13.0 Å². The van der Waals surface area contributed by atoms with Crippen molar-refractivity contribution in [1.29, 1.82) is 0 Å². The lowest BCUT2D eigenvalue weighted by atomic mass is 9.99. The van der Waals surface area contributed by atoms with Crippen LogP contribution in [0.25, 0.3) is 11.3 Å². The van der Waals surface area contributed by atoms with Crippen molar-refractivity contribution in [3.63, 3.8) is 0 Å². The van der Waals surface area contributed by atoms with Gasteiger partial charge in [0.1, 0.15) is 5.15 Å². The van der Waals surface area contributed by atoms with Gasteiger partial charge in [0.2, 0.25) is 0 Å². The molecule has 8 nitrogen and oxygen atoms in total. The summed E-state index contributed by atoms with van der Waals surface area (Å²) in [7, 11) is 0. The van der Waals surface area contributed by atoms with Crippen LogP contribution in [0, 0.1) is 0 Å². The first-order valence-corrected chi connectivity index (χ1v) is 16.1. The number of halogens is 4. The van der Waals surface area contributed by atoms with E-state index in [1.165, 1.54) is 4.52 Å². The molecule has 0 saturated heterocycles. The maximum atomic E-state index is 11.7. The van der Waals surface area contributed by atoms with Crippen LogP contribution >= 0.6 is 50.5 Å². The molecule has 4 rings (SSSR count). The molecule has 0 saturated carbocycles. The minimum absolute atomic E-state index is 0. The summed E-state index contributed by atoms with van der Waals surface area (Å²) in [5.74, 6) is 0.875. The molecule has 0 aliphatic rings. The maximum Gasteiger partial charge on any atom is 0.339 e. The average molecular weight is 598 g/mol. The third-order valence-electron chi connectivity index (χ3n) is 5.54. The van der Waals surface area contributed by atoms with Crippen molar-refractivity contribution < 1.29 is 4.57 Å². The van der Waals surface area contributed by atoms with Crippen LogP contribution in [0.4, 0.5) is 0 Å². The van der Waals surface area contributed by atoms with Crippen molar-refractivity contribution in [2.75, 3.05) is 0 Å². The monoisotopic (exact) mass is 596 g/mol. The molecule has 4 heterocycles. The Morgan fingerprint density at radius 1 is 0.917 bits per heavy atom. The van der Waals surface area contributed by atoms with Gasteiger partial charge >= 0.3 is 5.20 Å².